The quantitative estimate of drug-likeness (QED) is 0.0700. The summed E-state index contributed by atoms with van der Waals surface area (Å²) in [6.45, 7) is 12.5. The second-order valence-electron chi connectivity index (χ2n) is 14.5. The lowest BCUT2D eigenvalue weighted by atomic mass is 9.94. The Morgan fingerprint density at radius 2 is 1.14 bits per heavy atom. The SMILES string of the molecule is COc1cc(C(OC)OC)ccc1OC(C(=O)OC(C)(C)C)C(O)c1cc(OC)c(OC(C)=O)c(-c2cc(/C=C/C(=O)OC(C)(C)C)cc(OC)c2OC(C)=O)c1. The molecule has 0 bridgehead atoms. The summed E-state index contributed by atoms with van der Waals surface area (Å²) >= 11 is 0. The van der Waals surface area contributed by atoms with Gasteiger partial charge in [0.25, 0.3) is 0 Å². The molecule has 0 fully saturated rings. The molecule has 0 amide bonds. The Balaban J connectivity index is 2.37. The van der Waals surface area contributed by atoms with Gasteiger partial charge in [0, 0.05) is 50.8 Å². The monoisotopic (exact) mass is 796 g/mol. The molecular weight excluding hydrogens is 744 g/mol. The predicted octanol–water partition coefficient (Wildman–Crippen LogP) is 6.70. The van der Waals surface area contributed by atoms with Crippen LogP contribution in [0.5, 0.6) is 34.5 Å². The van der Waals surface area contributed by atoms with Crippen molar-refractivity contribution in [2.45, 2.75) is 85.1 Å². The summed E-state index contributed by atoms with van der Waals surface area (Å²) in [5.41, 5.74) is -0.627. The van der Waals surface area contributed by atoms with Gasteiger partial charge in [0.05, 0.1) is 21.3 Å². The van der Waals surface area contributed by atoms with Crippen LogP contribution >= 0.6 is 0 Å². The zero-order valence-corrected chi connectivity index (χ0v) is 34.6. The smallest absolute Gasteiger partial charge is 0.351 e. The highest BCUT2D eigenvalue weighted by Crippen LogP contribution is 2.48. The molecule has 0 aliphatic heterocycles. The minimum atomic E-state index is -1.79. The number of esters is 4. The Morgan fingerprint density at radius 1 is 0.632 bits per heavy atom. The third-order valence-corrected chi connectivity index (χ3v) is 7.60. The summed E-state index contributed by atoms with van der Waals surface area (Å²) in [5, 5.41) is 12.1. The van der Waals surface area contributed by atoms with Gasteiger partial charge in [-0.3, -0.25) is 9.59 Å². The number of hydrogen-bond acceptors (Lipinski definition) is 15. The molecule has 0 saturated heterocycles. The summed E-state index contributed by atoms with van der Waals surface area (Å²) in [6, 6.07) is 10.5. The molecule has 57 heavy (non-hydrogen) atoms. The highest BCUT2D eigenvalue weighted by Gasteiger charge is 2.37. The highest BCUT2D eigenvalue weighted by molar-refractivity contribution is 5.91. The number of rotatable bonds is 16. The van der Waals surface area contributed by atoms with Crippen molar-refractivity contribution in [2.75, 3.05) is 35.5 Å². The van der Waals surface area contributed by atoms with Gasteiger partial charge >= 0.3 is 23.9 Å². The van der Waals surface area contributed by atoms with E-state index in [1.807, 2.05) is 0 Å². The molecule has 0 radical (unpaired) electrons. The molecule has 0 aromatic heterocycles. The van der Waals surface area contributed by atoms with E-state index in [0.717, 1.165) is 0 Å². The zero-order chi connectivity index (χ0) is 42.8. The van der Waals surface area contributed by atoms with Gasteiger partial charge < -0.3 is 52.5 Å². The van der Waals surface area contributed by atoms with E-state index in [0.29, 0.717) is 11.1 Å². The number of carbonyl (C=O) groups is 4. The van der Waals surface area contributed by atoms with E-state index >= 15 is 0 Å². The van der Waals surface area contributed by atoms with Crippen molar-refractivity contribution >= 4 is 30.0 Å². The predicted molar refractivity (Wildman–Crippen MR) is 207 cm³/mol. The Kier molecular flexibility index (Phi) is 15.6. The number of ether oxygens (including phenoxy) is 10. The lowest BCUT2D eigenvalue weighted by molar-refractivity contribution is -0.169. The van der Waals surface area contributed by atoms with E-state index < -0.39 is 53.6 Å². The van der Waals surface area contributed by atoms with Crippen LogP contribution in [-0.4, -0.2) is 81.8 Å². The molecule has 3 aromatic rings. The largest absolute Gasteiger partial charge is 0.493 e. The van der Waals surface area contributed by atoms with Crippen molar-refractivity contribution in [3.63, 3.8) is 0 Å². The van der Waals surface area contributed by atoms with Crippen LogP contribution < -0.4 is 28.4 Å². The molecule has 3 rings (SSSR count). The molecule has 0 heterocycles. The van der Waals surface area contributed by atoms with Crippen molar-refractivity contribution in [1.29, 1.82) is 0 Å². The minimum Gasteiger partial charge on any atom is -0.493 e. The molecule has 3 aromatic carbocycles. The Hall–Kier alpha value is -5.64. The average Bonchev–Trinajstić information content (AvgIpc) is 3.11. The van der Waals surface area contributed by atoms with Crippen LogP contribution in [-0.2, 0) is 38.1 Å². The van der Waals surface area contributed by atoms with Crippen LogP contribution in [0.3, 0.4) is 0 Å². The second kappa shape index (κ2) is 19.5. The van der Waals surface area contributed by atoms with Crippen LogP contribution in [0, 0.1) is 0 Å². The fourth-order valence-corrected chi connectivity index (χ4v) is 5.42. The van der Waals surface area contributed by atoms with E-state index in [4.69, 9.17) is 47.4 Å². The van der Waals surface area contributed by atoms with Crippen molar-refractivity contribution in [2.24, 2.45) is 0 Å². The molecule has 1 N–H and O–H groups in total. The molecule has 0 aliphatic rings. The zero-order valence-electron chi connectivity index (χ0n) is 34.6. The van der Waals surface area contributed by atoms with E-state index in [1.165, 1.54) is 91.9 Å². The van der Waals surface area contributed by atoms with E-state index in [-0.39, 0.29) is 51.2 Å². The van der Waals surface area contributed by atoms with Crippen molar-refractivity contribution in [3.8, 4) is 45.6 Å². The number of methoxy groups -OCH3 is 5. The lowest BCUT2D eigenvalue weighted by Gasteiger charge is -2.28. The number of aliphatic hydroxyl groups excluding tert-OH is 1. The van der Waals surface area contributed by atoms with Crippen LogP contribution in [0.25, 0.3) is 17.2 Å². The second-order valence-corrected chi connectivity index (χ2v) is 14.5. The van der Waals surface area contributed by atoms with Gasteiger partial charge in [0.1, 0.15) is 17.3 Å². The summed E-state index contributed by atoms with van der Waals surface area (Å²) in [7, 11) is 6.98. The van der Waals surface area contributed by atoms with Gasteiger partial charge in [-0.05, 0) is 95.1 Å². The average molecular weight is 797 g/mol. The van der Waals surface area contributed by atoms with Crippen LogP contribution in [0.2, 0.25) is 0 Å². The summed E-state index contributed by atoms with van der Waals surface area (Å²) in [5.74, 6) is -3.01. The maximum absolute atomic E-state index is 13.9. The fourth-order valence-electron chi connectivity index (χ4n) is 5.42. The van der Waals surface area contributed by atoms with Gasteiger partial charge in [0.15, 0.2) is 40.8 Å². The molecule has 0 spiro atoms. The molecule has 310 valence electrons. The normalized spacial score (nSPS) is 12.8. The molecule has 0 saturated carbocycles. The number of carbonyl (C=O) groups excluding carboxylic acids is 4. The molecule has 2 atom stereocenters. The number of benzene rings is 3. The molecule has 15 nitrogen and oxygen atoms in total. The van der Waals surface area contributed by atoms with Crippen molar-refractivity contribution in [1.82, 2.24) is 0 Å². The van der Waals surface area contributed by atoms with Gasteiger partial charge in [-0.1, -0.05) is 6.07 Å². The minimum absolute atomic E-state index is 0.0190. The maximum Gasteiger partial charge on any atom is 0.351 e. The first-order valence-electron chi connectivity index (χ1n) is 17.7. The van der Waals surface area contributed by atoms with Crippen LogP contribution in [0.1, 0.15) is 84.5 Å². The Labute approximate surface area is 332 Å². The van der Waals surface area contributed by atoms with E-state index in [9.17, 15) is 24.3 Å². The highest BCUT2D eigenvalue weighted by atomic mass is 16.7. The summed E-state index contributed by atoms with van der Waals surface area (Å²) in [4.78, 5) is 51.5. The first-order valence-corrected chi connectivity index (χ1v) is 17.7. The number of aliphatic hydroxyl groups is 1. The van der Waals surface area contributed by atoms with E-state index in [2.05, 4.69) is 0 Å². The maximum atomic E-state index is 13.9. The third kappa shape index (κ3) is 12.7. The fraction of sp³-hybridized carbons (Fsp3) is 0.429. The Bertz CT molecular complexity index is 1950. The molecule has 2 unspecified atom stereocenters. The van der Waals surface area contributed by atoms with Crippen molar-refractivity contribution in [3.05, 3.63) is 65.2 Å². The summed E-state index contributed by atoms with van der Waals surface area (Å²) in [6.07, 6.45) is -1.60. The molecular formula is C42H52O15. The van der Waals surface area contributed by atoms with Gasteiger partial charge in [-0.2, -0.15) is 0 Å². The first kappa shape index (κ1) is 45.7. The first-order chi connectivity index (χ1) is 26.6. The van der Waals surface area contributed by atoms with Gasteiger partial charge in [-0.25, -0.2) is 9.59 Å². The Morgan fingerprint density at radius 3 is 1.63 bits per heavy atom. The van der Waals surface area contributed by atoms with Gasteiger partial charge in [-0.15, -0.1) is 0 Å². The van der Waals surface area contributed by atoms with Gasteiger partial charge in [0.2, 0.25) is 6.10 Å². The third-order valence-electron chi connectivity index (χ3n) is 7.60. The topological polar surface area (TPSA) is 181 Å². The van der Waals surface area contributed by atoms with Crippen LogP contribution in [0.15, 0.2) is 48.5 Å². The van der Waals surface area contributed by atoms with E-state index in [1.54, 1.807) is 53.7 Å². The molecule has 0 aliphatic carbocycles. The molecule has 15 heteroatoms. The van der Waals surface area contributed by atoms with Crippen LogP contribution in [0.4, 0.5) is 0 Å². The standard InChI is InChI=1S/C42H52O15/c1-23(43)53-36-28(18-25(19-32(36)49-10)14-17-34(45)56-41(3,4)5)29-20-27(22-33(50-11)37(29)54-24(2)44)35(46)38(39(47)57-42(6,7)8)55-30-16-15-26(21-31(30)48-9)40(51-12)52-13/h14-22,35,38,40,46H,1-13H3/b17-14+. The number of hydrogen-bond donors (Lipinski definition) is 1. The summed E-state index contributed by atoms with van der Waals surface area (Å²) < 4.78 is 56.1. The van der Waals surface area contributed by atoms with Crippen molar-refractivity contribution < 1.29 is 71.7 Å². The lowest BCUT2D eigenvalue weighted by Crippen LogP contribution is -2.39.